The molecule has 3 N–H and O–H groups in total. The first kappa shape index (κ1) is 10.6. The predicted molar refractivity (Wildman–Crippen MR) is 66.2 cm³/mol. The highest BCUT2D eigenvalue weighted by molar-refractivity contribution is 5.95. The Kier molecular flexibility index (Phi) is 2.50. The minimum Gasteiger partial charge on any atom is -0.396 e. The molecule has 2 aliphatic carbocycles. The van der Waals surface area contributed by atoms with Crippen molar-refractivity contribution in [2.75, 3.05) is 11.1 Å². The van der Waals surface area contributed by atoms with Gasteiger partial charge in [0.2, 0.25) is 5.91 Å². The van der Waals surface area contributed by atoms with Gasteiger partial charge < -0.3 is 11.1 Å². The summed E-state index contributed by atoms with van der Waals surface area (Å²) in [5, 5.41) is 2.95. The summed E-state index contributed by atoms with van der Waals surface area (Å²) < 4.78 is 0. The summed E-state index contributed by atoms with van der Waals surface area (Å²) >= 11 is 0. The highest BCUT2D eigenvalue weighted by Gasteiger charge is 2.45. The summed E-state index contributed by atoms with van der Waals surface area (Å²) in [7, 11) is 0. The third-order valence-corrected chi connectivity index (χ3v) is 3.67. The SMILES string of the molecule is Nc1cnccc1NC(=O)C(C1CC1)C1CC1. The second-order valence-corrected chi connectivity index (χ2v) is 5.15. The molecule has 0 radical (unpaired) electrons. The van der Waals surface area contributed by atoms with Crippen LogP contribution in [-0.2, 0) is 4.79 Å². The van der Waals surface area contributed by atoms with Crippen LogP contribution < -0.4 is 11.1 Å². The number of nitrogens with zero attached hydrogens (tertiary/aromatic N) is 1. The van der Waals surface area contributed by atoms with E-state index in [2.05, 4.69) is 10.3 Å². The van der Waals surface area contributed by atoms with Crippen LogP contribution in [0.15, 0.2) is 18.5 Å². The van der Waals surface area contributed by atoms with Crippen LogP contribution in [0, 0.1) is 17.8 Å². The Morgan fingerprint density at radius 3 is 2.53 bits per heavy atom. The van der Waals surface area contributed by atoms with Gasteiger partial charge in [0, 0.05) is 12.1 Å². The maximum atomic E-state index is 12.2. The Morgan fingerprint density at radius 1 is 1.35 bits per heavy atom. The van der Waals surface area contributed by atoms with Gasteiger partial charge in [0.05, 0.1) is 17.6 Å². The maximum Gasteiger partial charge on any atom is 0.228 e. The van der Waals surface area contributed by atoms with Gasteiger partial charge in [-0.15, -0.1) is 0 Å². The maximum absolute atomic E-state index is 12.2. The highest BCUT2D eigenvalue weighted by atomic mass is 16.1. The molecule has 1 amide bonds. The second kappa shape index (κ2) is 4.02. The van der Waals surface area contributed by atoms with Crippen LogP contribution in [0.2, 0.25) is 0 Å². The number of amides is 1. The average molecular weight is 231 g/mol. The van der Waals surface area contributed by atoms with E-state index in [0.29, 0.717) is 23.2 Å². The largest absolute Gasteiger partial charge is 0.396 e. The zero-order chi connectivity index (χ0) is 11.8. The van der Waals surface area contributed by atoms with Crippen molar-refractivity contribution in [1.82, 2.24) is 4.98 Å². The number of nitrogen functional groups attached to an aromatic ring is 1. The quantitative estimate of drug-likeness (QED) is 0.833. The van der Waals surface area contributed by atoms with Crippen molar-refractivity contribution in [2.45, 2.75) is 25.7 Å². The topological polar surface area (TPSA) is 68.0 Å². The fourth-order valence-electron chi connectivity index (χ4n) is 2.46. The number of pyridine rings is 1. The van der Waals surface area contributed by atoms with Gasteiger partial charge in [-0.25, -0.2) is 0 Å². The highest BCUT2D eigenvalue weighted by Crippen LogP contribution is 2.49. The fourth-order valence-corrected chi connectivity index (χ4v) is 2.46. The molecule has 17 heavy (non-hydrogen) atoms. The van der Waals surface area contributed by atoms with E-state index in [1.165, 1.54) is 25.7 Å². The molecule has 0 aliphatic heterocycles. The van der Waals surface area contributed by atoms with Crippen molar-refractivity contribution >= 4 is 17.3 Å². The summed E-state index contributed by atoms with van der Waals surface area (Å²) in [5.74, 6) is 1.59. The molecular formula is C13H17N3O. The molecule has 1 aromatic heterocycles. The van der Waals surface area contributed by atoms with Gasteiger partial charge in [-0.3, -0.25) is 9.78 Å². The van der Waals surface area contributed by atoms with Crippen molar-refractivity contribution in [2.24, 2.45) is 17.8 Å². The molecule has 4 heteroatoms. The van der Waals surface area contributed by atoms with Crippen LogP contribution in [0.25, 0.3) is 0 Å². The molecule has 0 atom stereocenters. The van der Waals surface area contributed by atoms with Crippen LogP contribution in [-0.4, -0.2) is 10.9 Å². The summed E-state index contributed by atoms with van der Waals surface area (Å²) in [4.78, 5) is 16.2. The van der Waals surface area contributed by atoms with Gasteiger partial charge in [-0.1, -0.05) is 0 Å². The number of carbonyl (C=O) groups is 1. The van der Waals surface area contributed by atoms with Gasteiger partial charge in [0.25, 0.3) is 0 Å². The third-order valence-electron chi connectivity index (χ3n) is 3.67. The number of hydrogen-bond acceptors (Lipinski definition) is 3. The molecule has 2 saturated carbocycles. The zero-order valence-corrected chi connectivity index (χ0v) is 9.73. The van der Waals surface area contributed by atoms with Gasteiger partial charge in [0.15, 0.2) is 0 Å². The number of nitrogens with two attached hydrogens (primary N) is 1. The molecule has 0 bridgehead atoms. The Balaban J connectivity index is 1.71. The lowest BCUT2D eigenvalue weighted by atomic mass is 9.97. The molecular weight excluding hydrogens is 214 g/mol. The molecule has 90 valence electrons. The van der Waals surface area contributed by atoms with Crippen molar-refractivity contribution < 1.29 is 4.79 Å². The normalized spacial score (nSPS) is 19.4. The molecule has 0 aromatic carbocycles. The smallest absolute Gasteiger partial charge is 0.228 e. The number of aromatic nitrogens is 1. The van der Waals surface area contributed by atoms with Crippen LogP contribution in [0.5, 0.6) is 0 Å². The van der Waals surface area contributed by atoms with Crippen LogP contribution in [0.1, 0.15) is 25.7 Å². The molecule has 4 nitrogen and oxygen atoms in total. The predicted octanol–water partition coefficient (Wildman–Crippen LogP) is 2.04. The molecule has 0 unspecified atom stereocenters. The fraction of sp³-hybridized carbons (Fsp3) is 0.538. The lowest BCUT2D eigenvalue weighted by Crippen LogP contribution is -2.26. The van der Waals surface area contributed by atoms with Gasteiger partial charge in [-0.05, 0) is 43.6 Å². The first-order valence-electron chi connectivity index (χ1n) is 6.26. The van der Waals surface area contributed by atoms with Gasteiger partial charge in [-0.2, -0.15) is 0 Å². The number of nitrogens with one attached hydrogen (secondary N) is 1. The van der Waals surface area contributed by atoms with Crippen molar-refractivity contribution in [3.63, 3.8) is 0 Å². The number of rotatable bonds is 4. The third kappa shape index (κ3) is 2.25. The van der Waals surface area contributed by atoms with E-state index in [1.807, 2.05) is 0 Å². The lowest BCUT2D eigenvalue weighted by molar-refractivity contribution is -0.121. The first-order chi connectivity index (χ1) is 8.25. The Hall–Kier alpha value is -1.58. The van der Waals surface area contributed by atoms with Crippen LogP contribution >= 0.6 is 0 Å². The lowest BCUT2D eigenvalue weighted by Gasteiger charge is -2.16. The summed E-state index contributed by atoms with van der Waals surface area (Å²) in [6.45, 7) is 0. The van der Waals surface area contributed by atoms with Gasteiger partial charge in [0.1, 0.15) is 0 Å². The first-order valence-corrected chi connectivity index (χ1v) is 6.26. The van der Waals surface area contributed by atoms with E-state index in [4.69, 9.17) is 5.73 Å². The average Bonchev–Trinajstić information content (AvgIpc) is 3.14. The van der Waals surface area contributed by atoms with Crippen molar-refractivity contribution in [3.05, 3.63) is 18.5 Å². The van der Waals surface area contributed by atoms with Crippen molar-refractivity contribution in [1.29, 1.82) is 0 Å². The van der Waals surface area contributed by atoms with Gasteiger partial charge >= 0.3 is 0 Å². The monoisotopic (exact) mass is 231 g/mol. The second-order valence-electron chi connectivity index (χ2n) is 5.15. The Bertz CT molecular complexity index is 426. The number of carbonyl (C=O) groups excluding carboxylic acids is 1. The van der Waals surface area contributed by atoms with E-state index in [0.717, 1.165) is 0 Å². The minimum absolute atomic E-state index is 0.146. The Morgan fingerprint density at radius 2 is 2.00 bits per heavy atom. The van der Waals surface area contributed by atoms with E-state index >= 15 is 0 Å². The standard InChI is InChI=1S/C13H17N3O/c14-10-7-15-6-5-11(10)16-13(17)12(8-1-2-8)9-3-4-9/h5-9,12H,1-4,14H2,(H,15,16,17). The van der Waals surface area contributed by atoms with E-state index in [-0.39, 0.29) is 11.8 Å². The van der Waals surface area contributed by atoms with Crippen LogP contribution in [0.3, 0.4) is 0 Å². The number of hydrogen-bond donors (Lipinski definition) is 2. The molecule has 2 aliphatic rings. The molecule has 3 rings (SSSR count). The molecule has 0 saturated heterocycles. The van der Waals surface area contributed by atoms with E-state index in [1.54, 1.807) is 18.5 Å². The number of anilines is 2. The molecule has 1 aromatic rings. The van der Waals surface area contributed by atoms with E-state index in [9.17, 15) is 4.79 Å². The molecule has 0 spiro atoms. The minimum atomic E-state index is 0.146. The summed E-state index contributed by atoms with van der Waals surface area (Å²) in [5.41, 5.74) is 7.00. The Labute approximate surface area is 101 Å². The van der Waals surface area contributed by atoms with E-state index < -0.39 is 0 Å². The summed E-state index contributed by atoms with van der Waals surface area (Å²) in [6, 6.07) is 1.75. The van der Waals surface area contributed by atoms with Crippen molar-refractivity contribution in [3.8, 4) is 0 Å². The van der Waals surface area contributed by atoms with Crippen LogP contribution in [0.4, 0.5) is 11.4 Å². The zero-order valence-electron chi connectivity index (χ0n) is 9.73. The molecule has 1 heterocycles. The summed E-state index contributed by atoms with van der Waals surface area (Å²) in [6.07, 6.45) is 8.05. The molecule has 2 fully saturated rings.